The van der Waals surface area contributed by atoms with Crippen molar-refractivity contribution in [3.8, 4) is 0 Å². The van der Waals surface area contributed by atoms with Gasteiger partial charge in [0.2, 0.25) is 0 Å². The van der Waals surface area contributed by atoms with Crippen molar-refractivity contribution in [2.24, 2.45) is 11.5 Å². The highest BCUT2D eigenvalue weighted by Crippen LogP contribution is 2.13. The molecule has 0 aliphatic heterocycles. The third-order valence-corrected chi connectivity index (χ3v) is 4.61. The minimum Gasteiger partial charge on any atom is -0.436 e. The molecular formula is C22H46N2O4. The molecule has 6 nitrogen and oxygen atoms in total. The fourth-order valence-corrected chi connectivity index (χ4v) is 2.93. The zero-order valence-corrected chi connectivity index (χ0v) is 18.7. The number of nitrogens with two attached hydrogens (primary N) is 2. The van der Waals surface area contributed by atoms with Crippen LogP contribution >= 0.6 is 0 Å². The first-order chi connectivity index (χ1) is 13.4. The average Bonchev–Trinajstić information content (AvgIpc) is 2.64. The lowest BCUT2D eigenvalue weighted by Crippen LogP contribution is -2.18. The van der Waals surface area contributed by atoms with Gasteiger partial charge in [0, 0.05) is 13.5 Å². The van der Waals surface area contributed by atoms with Gasteiger partial charge in [0.05, 0.1) is 0 Å². The first-order valence-corrected chi connectivity index (χ1v) is 11.2. The number of urea groups is 1. The van der Waals surface area contributed by atoms with Crippen molar-refractivity contribution in [3.63, 3.8) is 0 Å². The van der Waals surface area contributed by atoms with Gasteiger partial charge in [-0.05, 0) is 13.3 Å². The van der Waals surface area contributed by atoms with Crippen molar-refractivity contribution in [2.75, 3.05) is 7.11 Å². The molecular weight excluding hydrogens is 356 g/mol. The molecule has 2 amide bonds. The molecule has 0 aromatic carbocycles. The van der Waals surface area contributed by atoms with E-state index in [4.69, 9.17) is 14.3 Å². The Morgan fingerprint density at radius 2 is 1.04 bits per heavy atom. The Kier molecular flexibility index (Phi) is 24.5. The molecule has 1 atom stereocenters. The van der Waals surface area contributed by atoms with Gasteiger partial charge in [-0.15, -0.1) is 0 Å². The number of esters is 1. The van der Waals surface area contributed by atoms with Gasteiger partial charge >= 0.3 is 12.0 Å². The second kappa shape index (κ2) is 23.7. The van der Waals surface area contributed by atoms with Gasteiger partial charge in [0.15, 0.2) is 6.29 Å². The summed E-state index contributed by atoms with van der Waals surface area (Å²) >= 11 is 0. The number of carbonyl (C=O) groups excluding carboxylic acids is 2. The lowest BCUT2D eigenvalue weighted by molar-refractivity contribution is -0.169. The van der Waals surface area contributed by atoms with E-state index in [0.717, 1.165) is 12.8 Å². The quantitative estimate of drug-likeness (QED) is 0.171. The summed E-state index contributed by atoms with van der Waals surface area (Å²) in [6.07, 6.45) is 20.2. The number of unbranched alkanes of at least 4 members (excludes halogenated alkanes) is 14. The largest absolute Gasteiger partial charge is 0.436 e. The van der Waals surface area contributed by atoms with E-state index in [-0.39, 0.29) is 5.97 Å². The van der Waals surface area contributed by atoms with Crippen LogP contribution in [0.15, 0.2) is 0 Å². The minimum absolute atomic E-state index is 0.140. The maximum atomic E-state index is 11.4. The maximum Gasteiger partial charge on any atom is 0.309 e. The van der Waals surface area contributed by atoms with Crippen molar-refractivity contribution in [1.29, 1.82) is 0 Å². The van der Waals surface area contributed by atoms with Crippen molar-refractivity contribution in [2.45, 2.75) is 123 Å². The summed E-state index contributed by atoms with van der Waals surface area (Å²) in [5.41, 5.74) is 8.50. The van der Waals surface area contributed by atoms with Gasteiger partial charge in [0.25, 0.3) is 0 Å². The molecule has 0 aliphatic rings. The smallest absolute Gasteiger partial charge is 0.309 e. The van der Waals surface area contributed by atoms with Crippen LogP contribution < -0.4 is 11.5 Å². The molecule has 0 aromatic heterocycles. The Morgan fingerprint density at radius 1 is 0.714 bits per heavy atom. The number of primary amides is 2. The van der Waals surface area contributed by atoms with Crippen molar-refractivity contribution >= 4 is 12.0 Å². The van der Waals surface area contributed by atoms with Crippen LogP contribution in [0.5, 0.6) is 0 Å². The Labute approximate surface area is 173 Å². The minimum atomic E-state index is -0.833. The summed E-state index contributed by atoms with van der Waals surface area (Å²) in [6.45, 7) is 4.02. The molecule has 0 spiro atoms. The number of carbonyl (C=O) groups is 2. The molecule has 1 unspecified atom stereocenters. The summed E-state index contributed by atoms with van der Waals surface area (Å²) < 4.78 is 9.96. The van der Waals surface area contributed by atoms with Crippen molar-refractivity contribution < 1.29 is 19.1 Å². The third-order valence-electron chi connectivity index (χ3n) is 4.61. The summed E-state index contributed by atoms with van der Waals surface area (Å²) in [5.74, 6) is -0.140. The van der Waals surface area contributed by atoms with E-state index in [1.54, 1.807) is 14.0 Å². The third kappa shape index (κ3) is 29.5. The molecule has 0 fully saturated rings. The number of hydrogen-bond acceptors (Lipinski definition) is 4. The van der Waals surface area contributed by atoms with Crippen LogP contribution in [-0.2, 0) is 14.3 Å². The van der Waals surface area contributed by atoms with E-state index in [0.29, 0.717) is 6.42 Å². The van der Waals surface area contributed by atoms with E-state index >= 15 is 0 Å². The predicted octanol–water partition coefficient (Wildman–Crippen LogP) is 5.81. The standard InChI is InChI=1S/C21H42O3.CH4N2O/c1-4-5-6-7-8-9-10-11-12-13-14-15-16-17-18-19-21(22)24-20(2)23-3;2-1(3)4/h20H,4-19H2,1-3H3;(H4,2,3,4). The van der Waals surface area contributed by atoms with Crippen LogP contribution in [0.1, 0.15) is 117 Å². The molecule has 0 heterocycles. The topological polar surface area (TPSA) is 105 Å². The van der Waals surface area contributed by atoms with E-state index in [1.807, 2.05) is 0 Å². The number of rotatable bonds is 18. The van der Waals surface area contributed by atoms with Crippen molar-refractivity contribution in [1.82, 2.24) is 0 Å². The predicted molar refractivity (Wildman–Crippen MR) is 116 cm³/mol. The number of amides is 2. The number of ether oxygens (including phenoxy) is 2. The Bertz CT molecular complexity index is 347. The Balaban J connectivity index is 0. The number of methoxy groups -OCH3 is 1. The van der Waals surface area contributed by atoms with E-state index in [2.05, 4.69) is 18.4 Å². The zero-order chi connectivity index (χ0) is 21.5. The fourth-order valence-electron chi connectivity index (χ4n) is 2.93. The normalized spacial score (nSPS) is 11.4. The van der Waals surface area contributed by atoms with Crippen LogP contribution in [-0.4, -0.2) is 25.4 Å². The van der Waals surface area contributed by atoms with E-state index in [1.165, 1.54) is 83.5 Å². The molecule has 0 bridgehead atoms. The summed E-state index contributed by atoms with van der Waals surface area (Å²) in [4.78, 5) is 20.4. The zero-order valence-electron chi connectivity index (χ0n) is 18.7. The second-order valence-corrected chi connectivity index (χ2v) is 7.40. The summed E-state index contributed by atoms with van der Waals surface area (Å²) in [6, 6.07) is -0.833. The van der Waals surface area contributed by atoms with Crippen LogP contribution in [0.25, 0.3) is 0 Å². The van der Waals surface area contributed by atoms with Gasteiger partial charge in [-0.2, -0.15) is 0 Å². The van der Waals surface area contributed by atoms with Crippen LogP contribution in [0.2, 0.25) is 0 Å². The van der Waals surface area contributed by atoms with Crippen LogP contribution in [0.3, 0.4) is 0 Å². The first kappa shape index (κ1) is 28.9. The fraction of sp³-hybridized carbons (Fsp3) is 0.909. The first-order valence-electron chi connectivity index (χ1n) is 11.2. The SMILES string of the molecule is CCCCCCCCCCCCCCCCCC(=O)OC(C)OC.NC(N)=O. The highest BCUT2D eigenvalue weighted by Gasteiger charge is 2.07. The monoisotopic (exact) mass is 402 g/mol. The second-order valence-electron chi connectivity index (χ2n) is 7.40. The molecule has 0 aromatic rings. The van der Waals surface area contributed by atoms with Crippen LogP contribution in [0.4, 0.5) is 4.79 Å². The highest BCUT2D eigenvalue weighted by atomic mass is 16.7. The van der Waals surface area contributed by atoms with Gasteiger partial charge in [-0.3, -0.25) is 4.79 Å². The lowest BCUT2D eigenvalue weighted by Gasteiger charge is -2.10. The van der Waals surface area contributed by atoms with E-state index in [9.17, 15) is 4.79 Å². The Morgan fingerprint density at radius 3 is 1.36 bits per heavy atom. The van der Waals surface area contributed by atoms with Gasteiger partial charge in [0.1, 0.15) is 0 Å². The molecule has 0 rings (SSSR count). The van der Waals surface area contributed by atoms with Gasteiger partial charge in [-0.1, -0.05) is 96.8 Å². The molecule has 4 N–H and O–H groups in total. The maximum absolute atomic E-state index is 11.4. The molecule has 168 valence electrons. The number of hydrogen-bond donors (Lipinski definition) is 2. The summed E-state index contributed by atoms with van der Waals surface area (Å²) in [7, 11) is 1.55. The van der Waals surface area contributed by atoms with Crippen LogP contribution in [0, 0.1) is 0 Å². The van der Waals surface area contributed by atoms with Gasteiger partial charge < -0.3 is 20.9 Å². The molecule has 0 saturated heterocycles. The molecule has 0 saturated carbocycles. The molecule has 28 heavy (non-hydrogen) atoms. The summed E-state index contributed by atoms with van der Waals surface area (Å²) in [5, 5.41) is 0. The van der Waals surface area contributed by atoms with Gasteiger partial charge in [-0.25, -0.2) is 4.79 Å². The Hall–Kier alpha value is -1.30. The molecule has 6 heteroatoms. The highest BCUT2D eigenvalue weighted by molar-refractivity contribution is 5.69. The molecule has 0 aliphatic carbocycles. The van der Waals surface area contributed by atoms with E-state index < -0.39 is 12.3 Å². The average molecular weight is 403 g/mol. The van der Waals surface area contributed by atoms with Crippen molar-refractivity contribution in [3.05, 3.63) is 0 Å². The lowest BCUT2D eigenvalue weighted by atomic mass is 10.0. The molecule has 0 radical (unpaired) electrons.